The Kier molecular flexibility index (Phi) is 5.62. The van der Waals surface area contributed by atoms with Gasteiger partial charge in [0.2, 0.25) is 0 Å². The summed E-state index contributed by atoms with van der Waals surface area (Å²) in [6.07, 6.45) is 2.14. The molecule has 21 heavy (non-hydrogen) atoms. The van der Waals surface area contributed by atoms with Crippen LogP contribution in [0.3, 0.4) is 0 Å². The van der Waals surface area contributed by atoms with Crippen molar-refractivity contribution in [2.45, 2.75) is 20.3 Å². The first kappa shape index (κ1) is 15.8. The normalized spacial score (nSPS) is 25.4. The fourth-order valence-electron chi connectivity index (χ4n) is 3.36. The van der Waals surface area contributed by atoms with Gasteiger partial charge in [-0.25, -0.2) is 0 Å². The van der Waals surface area contributed by atoms with Crippen molar-refractivity contribution in [2.75, 3.05) is 33.4 Å². The van der Waals surface area contributed by atoms with Gasteiger partial charge in [0.1, 0.15) is 13.2 Å². The lowest BCUT2D eigenvalue weighted by atomic mass is 9.92. The third-order valence-corrected chi connectivity index (χ3v) is 4.14. The highest BCUT2D eigenvalue weighted by atomic mass is 16.5. The summed E-state index contributed by atoms with van der Waals surface area (Å²) in [4.78, 5) is 12.7. The molecule has 1 aliphatic rings. The van der Waals surface area contributed by atoms with Crippen molar-refractivity contribution in [2.24, 2.45) is 11.8 Å². The number of rotatable bonds is 6. The van der Waals surface area contributed by atoms with Crippen LogP contribution in [0.1, 0.15) is 30.6 Å². The highest BCUT2D eigenvalue weighted by Gasteiger charge is 2.24. The number of hydrogen-bond acceptors (Lipinski definition) is 3. The number of para-hydroxylation sites is 1. The molecule has 1 fully saturated rings. The Bertz CT molecular complexity index is 465. The van der Waals surface area contributed by atoms with Gasteiger partial charge in [0.05, 0.1) is 25.8 Å². The maximum absolute atomic E-state index is 11.1. The van der Waals surface area contributed by atoms with Crippen LogP contribution in [-0.2, 0) is 0 Å². The van der Waals surface area contributed by atoms with Crippen LogP contribution < -0.4 is 14.4 Å². The van der Waals surface area contributed by atoms with Gasteiger partial charge in [-0.3, -0.25) is 4.79 Å². The van der Waals surface area contributed by atoms with Crippen molar-refractivity contribution in [1.29, 1.82) is 0 Å². The van der Waals surface area contributed by atoms with Crippen molar-refractivity contribution < 1.29 is 19.2 Å². The molecule has 1 aliphatic heterocycles. The fourth-order valence-corrected chi connectivity index (χ4v) is 3.36. The smallest absolute Gasteiger partial charge is 0.171 e. The molecule has 1 N–H and O–H groups in total. The van der Waals surface area contributed by atoms with Gasteiger partial charge in [-0.1, -0.05) is 19.9 Å². The van der Waals surface area contributed by atoms with Crippen molar-refractivity contribution >= 4 is 6.29 Å². The third-order valence-electron chi connectivity index (χ3n) is 4.14. The lowest BCUT2D eigenvalue weighted by Gasteiger charge is -2.31. The monoisotopic (exact) mass is 292 g/mol. The van der Waals surface area contributed by atoms with E-state index in [9.17, 15) is 4.79 Å². The first-order chi connectivity index (χ1) is 10.1. The summed E-state index contributed by atoms with van der Waals surface area (Å²) in [5.74, 6) is 2.74. The second kappa shape index (κ2) is 7.46. The first-order valence-electron chi connectivity index (χ1n) is 7.72. The number of benzene rings is 1. The van der Waals surface area contributed by atoms with Gasteiger partial charge in [-0.2, -0.15) is 0 Å². The summed E-state index contributed by atoms with van der Waals surface area (Å²) in [5.41, 5.74) is 0.546. The lowest BCUT2D eigenvalue weighted by molar-refractivity contribution is -0.912. The van der Waals surface area contributed by atoms with Crippen molar-refractivity contribution in [3.05, 3.63) is 23.8 Å². The van der Waals surface area contributed by atoms with Crippen molar-refractivity contribution in [3.63, 3.8) is 0 Å². The highest BCUT2D eigenvalue weighted by molar-refractivity contribution is 5.81. The maximum Gasteiger partial charge on any atom is 0.171 e. The topological polar surface area (TPSA) is 40.0 Å². The molecular weight excluding hydrogens is 266 g/mol. The molecule has 0 aromatic heterocycles. The number of likely N-dealkylation sites (tertiary alicyclic amines) is 1. The Labute approximate surface area is 127 Å². The number of quaternary nitrogens is 1. The molecule has 116 valence electrons. The Hall–Kier alpha value is -1.55. The summed E-state index contributed by atoms with van der Waals surface area (Å²) in [7, 11) is 1.59. The lowest BCUT2D eigenvalue weighted by Crippen LogP contribution is -3.14. The van der Waals surface area contributed by atoms with E-state index < -0.39 is 0 Å². The minimum absolute atomic E-state index is 0.546. The fraction of sp³-hybridized carbons (Fsp3) is 0.588. The molecule has 4 nitrogen and oxygen atoms in total. The minimum atomic E-state index is 0.546. The summed E-state index contributed by atoms with van der Waals surface area (Å²) in [5, 5.41) is 0. The Morgan fingerprint density at radius 2 is 2.00 bits per heavy atom. The van der Waals surface area contributed by atoms with E-state index in [1.165, 1.54) is 19.5 Å². The van der Waals surface area contributed by atoms with Crippen molar-refractivity contribution in [1.82, 2.24) is 0 Å². The summed E-state index contributed by atoms with van der Waals surface area (Å²) in [6, 6.07) is 5.37. The molecule has 0 unspecified atom stereocenters. The zero-order valence-corrected chi connectivity index (χ0v) is 13.2. The molecule has 0 saturated carbocycles. The number of piperidine rings is 1. The molecule has 0 bridgehead atoms. The second-order valence-corrected chi connectivity index (χ2v) is 6.20. The van der Waals surface area contributed by atoms with Gasteiger partial charge in [-0.15, -0.1) is 0 Å². The van der Waals surface area contributed by atoms with Crippen LogP contribution in [0, 0.1) is 11.8 Å². The van der Waals surface area contributed by atoms with Crippen molar-refractivity contribution in [3.8, 4) is 11.5 Å². The molecule has 4 heteroatoms. The Balaban J connectivity index is 1.92. The quantitative estimate of drug-likeness (QED) is 0.807. The second-order valence-electron chi connectivity index (χ2n) is 6.20. The number of nitrogens with one attached hydrogen (secondary N) is 1. The Morgan fingerprint density at radius 1 is 1.29 bits per heavy atom. The van der Waals surface area contributed by atoms with E-state index >= 15 is 0 Å². The zero-order valence-electron chi connectivity index (χ0n) is 13.2. The van der Waals surface area contributed by atoms with Gasteiger partial charge in [0.25, 0.3) is 0 Å². The van der Waals surface area contributed by atoms with Crippen LogP contribution in [0.2, 0.25) is 0 Å². The molecule has 1 aromatic carbocycles. The Morgan fingerprint density at radius 3 is 2.62 bits per heavy atom. The van der Waals surface area contributed by atoms with Gasteiger partial charge in [-0.05, 0) is 18.6 Å². The standard InChI is InChI=1S/C17H25NO3/c1-13-9-14(2)11-18(10-13)7-8-21-17-15(12-19)5-4-6-16(17)20-3/h4-6,12-14H,7-11H2,1-3H3/p+1/t13-,14-/m1/s1. The van der Waals surface area contributed by atoms with Crippen LogP contribution in [0.15, 0.2) is 18.2 Å². The van der Waals surface area contributed by atoms with E-state index in [0.29, 0.717) is 23.7 Å². The van der Waals surface area contributed by atoms with Gasteiger partial charge < -0.3 is 14.4 Å². The molecular formula is C17H26NO3+. The number of ether oxygens (including phenoxy) is 2. The van der Waals surface area contributed by atoms with Crippen LogP contribution >= 0.6 is 0 Å². The molecule has 0 radical (unpaired) electrons. The predicted octanol–water partition coefficient (Wildman–Crippen LogP) is 1.45. The van der Waals surface area contributed by atoms with E-state index in [-0.39, 0.29) is 0 Å². The SMILES string of the molecule is COc1cccc(C=O)c1OCC[NH+]1C[C@H](C)C[C@@H](C)C1. The van der Waals surface area contributed by atoms with Crippen LogP contribution in [-0.4, -0.2) is 39.6 Å². The number of hydrogen-bond donors (Lipinski definition) is 1. The average Bonchev–Trinajstić information content (AvgIpc) is 2.46. The molecule has 0 aliphatic carbocycles. The van der Waals surface area contributed by atoms with E-state index in [0.717, 1.165) is 24.7 Å². The molecule has 1 aromatic rings. The third kappa shape index (κ3) is 4.21. The average molecular weight is 292 g/mol. The molecule has 2 rings (SSSR count). The number of methoxy groups -OCH3 is 1. The van der Waals surface area contributed by atoms with Crippen LogP contribution in [0.25, 0.3) is 0 Å². The van der Waals surface area contributed by atoms with Gasteiger partial charge in [0, 0.05) is 11.8 Å². The number of carbonyl (C=O) groups excluding carboxylic acids is 1. The van der Waals surface area contributed by atoms with E-state index in [1.807, 2.05) is 6.07 Å². The predicted molar refractivity (Wildman–Crippen MR) is 82.4 cm³/mol. The summed E-state index contributed by atoms with van der Waals surface area (Å²) in [6.45, 7) is 8.63. The van der Waals surface area contributed by atoms with E-state index in [4.69, 9.17) is 9.47 Å². The number of aldehydes is 1. The van der Waals surface area contributed by atoms with Crippen LogP contribution in [0.5, 0.6) is 11.5 Å². The molecule has 1 saturated heterocycles. The molecule has 0 spiro atoms. The largest absolute Gasteiger partial charge is 0.493 e. The first-order valence-corrected chi connectivity index (χ1v) is 7.72. The summed E-state index contributed by atoms with van der Waals surface area (Å²) >= 11 is 0. The molecule has 1 heterocycles. The molecule has 0 amide bonds. The zero-order chi connectivity index (χ0) is 15.2. The minimum Gasteiger partial charge on any atom is -0.493 e. The maximum atomic E-state index is 11.1. The van der Waals surface area contributed by atoms with E-state index in [1.54, 1.807) is 24.1 Å². The van der Waals surface area contributed by atoms with Gasteiger partial charge >= 0.3 is 0 Å². The van der Waals surface area contributed by atoms with Gasteiger partial charge in [0.15, 0.2) is 17.8 Å². The molecule has 2 atom stereocenters. The summed E-state index contributed by atoms with van der Waals surface area (Å²) < 4.78 is 11.1. The van der Waals surface area contributed by atoms with Crippen LogP contribution in [0.4, 0.5) is 0 Å². The number of carbonyl (C=O) groups is 1. The highest BCUT2D eigenvalue weighted by Crippen LogP contribution is 2.29. The van der Waals surface area contributed by atoms with E-state index in [2.05, 4.69) is 13.8 Å².